The fourth-order valence-corrected chi connectivity index (χ4v) is 2.45. The van der Waals surface area contributed by atoms with E-state index in [1.165, 1.54) is 0 Å². The van der Waals surface area contributed by atoms with Crippen molar-refractivity contribution in [1.29, 1.82) is 0 Å². The van der Waals surface area contributed by atoms with Crippen LogP contribution in [-0.4, -0.2) is 30.4 Å². The van der Waals surface area contributed by atoms with Crippen LogP contribution in [0.3, 0.4) is 0 Å². The Morgan fingerprint density at radius 3 is 2.52 bits per heavy atom. The van der Waals surface area contributed by atoms with E-state index in [4.69, 9.17) is 10.2 Å². The SMILES string of the molecule is CC(C(=O)N(C)CCC(N)C(C)C)c1cc2ccccc2o1.Cl. The zero-order chi connectivity index (χ0) is 16.3. The van der Waals surface area contributed by atoms with Crippen LogP contribution in [0.4, 0.5) is 0 Å². The highest BCUT2D eigenvalue weighted by atomic mass is 35.5. The molecule has 0 radical (unpaired) electrons. The molecule has 0 aliphatic carbocycles. The van der Waals surface area contributed by atoms with E-state index in [1.807, 2.05) is 44.3 Å². The van der Waals surface area contributed by atoms with Gasteiger partial charge in [-0.05, 0) is 31.4 Å². The summed E-state index contributed by atoms with van der Waals surface area (Å²) in [5.41, 5.74) is 6.87. The summed E-state index contributed by atoms with van der Waals surface area (Å²) < 4.78 is 5.79. The molecule has 2 rings (SSSR count). The molecule has 0 aliphatic rings. The predicted octanol–water partition coefficient (Wildman–Crippen LogP) is 3.79. The second-order valence-electron chi connectivity index (χ2n) is 6.36. The first-order valence-electron chi connectivity index (χ1n) is 7.89. The second kappa shape index (κ2) is 8.37. The first kappa shape index (κ1) is 19.5. The number of hydrogen-bond acceptors (Lipinski definition) is 3. The maximum Gasteiger partial charge on any atom is 0.232 e. The Morgan fingerprint density at radius 2 is 1.91 bits per heavy atom. The highest BCUT2D eigenvalue weighted by Gasteiger charge is 2.23. The minimum absolute atomic E-state index is 0. The van der Waals surface area contributed by atoms with Crippen LogP contribution in [0.1, 0.15) is 38.9 Å². The lowest BCUT2D eigenvalue weighted by molar-refractivity contribution is -0.131. The average Bonchev–Trinajstić information content (AvgIpc) is 2.94. The van der Waals surface area contributed by atoms with Gasteiger partial charge in [0, 0.05) is 25.0 Å². The Balaban J connectivity index is 0.00000264. The summed E-state index contributed by atoms with van der Waals surface area (Å²) in [5, 5.41) is 1.03. The van der Waals surface area contributed by atoms with E-state index in [0.29, 0.717) is 18.2 Å². The van der Waals surface area contributed by atoms with Gasteiger partial charge < -0.3 is 15.1 Å². The zero-order valence-electron chi connectivity index (χ0n) is 14.3. The van der Waals surface area contributed by atoms with Gasteiger partial charge in [-0.1, -0.05) is 32.0 Å². The van der Waals surface area contributed by atoms with E-state index in [-0.39, 0.29) is 30.3 Å². The minimum atomic E-state index is -0.285. The molecular formula is C18H27ClN2O2. The van der Waals surface area contributed by atoms with E-state index in [2.05, 4.69) is 13.8 Å². The molecule has 0 fully saturated rings. The van der Waals surface area contributed by atoms with Crippen LogP contribution in [0.2, 0.25) is 0 Å². The number of fused-ring (bicyclic) bond motifs is 1. The van der Waals surface area contributed by atoms with E-state index in [0.717, 1.165) is 17.4 Å². The minimum Gasteiger partial charge on any atom is -0.460 e. The maximum absolute atomic E-state index is 12.5. The highest BCUT2D eigenvalue weighted by Crippen LogP contribution is 2.26. The van der Waals surface area contributed by atoms with Crippen molar-refractivity contribution in [3.05, 3.63) is 36.1 Å². The number of benzene rings is 1. The number of carbonyl (C=O) groups is 1. The number of nitrogens with two attached hydrogens (primary N) is 1. The monoisotopic (exact) mass is 338 g/mol. The maximum atomic E-state index is 12.5. The fraction of sp³-hybridized carbons (Fsp3) is 0.500. The van der Waals surface area contributed by atoms with Crippen LogP contribution >= 0.6 is 12.4 Å². The third-order valence-electron chi connectivity index (χ3n) is 4.27. The molecule has 2 unspecified atom stereocenters. The average molecular weight is 339 g/mol. The Morgan fingerprint density at radius 1 is 1.26 bits per heavy atom. The van der Waals surface area contributed by atoms with Crippen molar-refractivity contribution in [3.63, 3.8) is 0 Å². The molecule has 0 bridgehead atoms. The molecule has 4 nitrogen and oxygen atoms in total. The number of rotatable bonds is 6. The summed E-state index contributed by atoms with van der Waals surface area (Å²) in [6, 6.07) is 9.88. The zero-order valence-corrected chi connectivity index (χ0v) is 15.1. The second-order valence-corrected chi connectivity index (χ2v) is 6.36. The third-order valence-corrected chi connectivity index (χ3v) is 4.27. The van der Waals surface area contributed by atoms with Gasteiger partial charge in [-0.2, -0.15) is 0 Å². The normalized spacial score (nSPS) is 13.7. The lowest BCUT2D eigenvalue weighted by Crippen LogP contribution is -2.36. The predicted molar refractivity (Wildman–Crippen MR) is 96.9 cm³/mol. The molecule has 2 N–H and O–H groups in total. The largest absolute Gasteiger partial charge is 0.460 e. The summed E-state index contributed by atoms with van der Waals surface area (Å²) >= 11 is 0. The Kier molecular flexibility index (Phi) is 7.10. The van der Waals surface area contributed by atoms with Crippen molar-refractivity contribution in [3.8, 4) is 0 Å². The van der Waals surface area contributed by atoms with Crippen molar-refractivity contribution in [2.75, 3.05) is 13.6 Å². The van der Waals surface area contributed by atoms with Crippen LogP contribution in [0, 0.1) is 5.92 Å². The summed E-state index contributed by atoms with van der Waals surface area (Å²) in [6.07, 6.45) is 0.812. The van der Waals surface area contributed by atoms with Gasteiger partial charge in [0.1, 0.15) is 11.3 Å². The topological polar surface area (TPSA) is 59.5 Å². The smallest absolute Gasteiger partial charge is 0.232 e. The molecule has 1 aromatic heterocycles. The first-order chi connectivity index (χ1) is 10.4. The number of carbonyl (C=O) groups excluding carboxylic acids is 1. The molecule has 0 saturated heterocycles. The molecular weight excluding hydrogens is 312 g/mol. The molecule has 23 heavy (non-hydrogen) atoms. The molecule has 2 atom stereocenters. The number of para-hydroxylation sites is 1. The van der Waals surface area contributed by atoms with E-state index >= 15 is 0 Å². The summed E-state index contributed by atoms with van der Waals surface area (Å²) in [7, 11) is 1.83. The van der Waals surface area contributed by atoms with Crippen LogP contribution in [0.25, 0.3) is 11.0 Å². The number of nitrogens with zero attached hydrogens (tertiary/aromatic N) is 1. The van der Waals surface area contributed by atoms with Gasteiger partial charge >= 0.3 is 0 Å². The van der Waals surface area contributed by atoms with Crippen LogP contribution in [-0.2, 0) is 4.79 Å². The number of amides is 1. The van der Waals surface area contributed by atoms with Gasteiger partial charge in [-0.3, -0.25) is 4.79 Å². The summed E-state index contributed by atoms with van der Waals surface area (Å²) in [4.78, 5) is 14.3. The number of likely N-dealkylation sites (N-methyl/N-ethyl adjacent to an activating group) is 1. The molecule has 128 valence electrons. The lowest BCUT2D eigenvalue weighted by Gasteiger charge is -2.23. The number of hydrogen-bond donors (Lipinski definition) is 1. The number of furan rings is 1. The van der Waals surface area contributed by atoms with Crippen molar-refractivity contribution in [1.82, 2.24) is 4.90 Å². The van der Waals surface area contributed by atoms with Crippen molar-refractivity contribution < 1.29 is 9.21 Å². The van der Waals surface area contributed by atoms with E-state index in [1.54, 1.807) is 4.90 Å². The van der Waals surface area contributed by atoms with Gasteiger partial charge in [0.05, 0.1) is 5.92 Å². The van der Waals surface area contributed by atoms with Gasteiger partial charge in [-0.25, -0.2) is 0 Å². The van der Waals surface area contributed by atoms with E-state index in [9.17, 15) is 4.79 Å². The van der Waals surface area contributed by atoms with Crippen molar-refractivity contribution in [2.45, 2.75) is 39.2 Å². The Hall–Kier alpha value is -1.52. The molecule has 2 aromatic rings. The lowest BCUT2D eigenvalue weighted by atomic mass is 10.0. The molecule has 0 aliphatic heterocycles. The standard InChI is InChI=1S/C18H26N2O2.ClH/c1-12(2)15(19)9-10-20(4)18(21)13(3)17-11-14-7-5-6-8-16(14)22-17;/h5-8,11-13,15H,9-10,19H2,1-4H3;1H. The molecule has 5 heteroatoms. The van der Waals surface area contributed by atoms with Crippen molar-refractivity contribution >= 4 is 29.3 Å². The molecule has 0 saturated carbocycles. The van der Waals surface area contributed by atoms with Gasteiger partial charge in [0.15, 0.2) is 0 Å². The molecule has 1 amide bonds. The van der Waals surface area contributed by atoms with Crippen molar-refractivity contribution in [2.24, 2.45) is 11.7 Å². The Labute approximate surface area is 144 Å². The van der Waals surface area contributed by atoms with E-state index < -0.39 is 0 Å². The number of halogens is 1. The van der Waals surface area contributed by atoms with Gasteiger partial charge in [-0.15, -0.1) is 12.4 Å². The first-order valence-corrected chi connectivity index (χ1v) is 7.89. The van der Waals surface area contributed by atoms with Crippen LogP contribution in [0.5, 0.6) is 0 Å². The highest BCUT2D eigenvalue weighted by molar-refractivity contribution is 5.85. The quantitative estimate of drug-likeness (QED) is 0.871. The molecule has 1 aromatic carbocycles. The molecule has 1 heterocycles. The van der Waals surface area contributed by atoms with Crippen LogP contribution < -0.4 is 5.73 Å². The fourth-order valence-electron chi connectivity index (χ4n) is 2.45. The van der Waals surface area contributed by atoms with Gasteiger partial charge in [0.25, 0.3) is 0 Å². The third kappa shape index (κ3) is 4.72. The summed E-state index contributed by atoms with van der Waals surface area (Å²) in [5.74, 6) is 0.921. The van der Waals surface area contributed by atoms with Gasteiger partial charge in [0.2, 0.25) is 5.91 Å². The Bertz CT molecular complexity index is 606. The molecule has 0 spiro atoms. The summed E-state index contributed by atoms with van der Waals surface area (Å²) in [6.45, 7) is 6.76. The van der Waals surface area contributed by atoms with Crippen LogP contribution in [0.15, 0.2) is 34.7 Å².